The highest BCUT2D eigenvalue weighted by Gasteiger charge is 1.98. The fourth-order valence-corrected chi connectivity index (χ4v) is 4.50. The van der Waals surface area contributed by atoms with Crippen molar-refractivity contribution in [2.45, 2.75) is 51.4 Å². The van der Waals surface area contributed by atoms with Crippen molar-refractivity contribution in [1.82, 2.24) is 0 Å². The molecule has 0 saturated heterocycles. The molecule has 4 N–H and O–H groups in total. The van der Waals surface area contributed by atoms with E-state index in [9.17, 15) is 0 Å². The summed E-state index contributed by atoms with van der Waals surface area (Å²) in [7, 11) is 0. The first-order valence-corrected chi connectivity index (χ1v) is 14.2. The van der Waals surface area contributed by atoms with Crippen LogP contribution in [0.1, 0.15) is 51.4 Å². The number of benzene rings is 4. The Morgan fingerprint density at radius 2 is 0.579 bits per heavy atom. The molecule has 0 heterocycles. The van der Waals surface area contributed by atoms with Crippen molar-refractivity contribution in [3.63, 3.8) is 0 Å². The van der Waals surface area contributed by atoms with Gasteiger partial charge < -0.3 is 21.3 Å². The van der Waals surface area contributed by atoms with Crippen LogP contribution in [0.3, 0.4) is 0 Å². The van der Waals surface area contributed by atoms with Crippen molar-refractivity contribution < 1.29 is 0 Å². The van der Waals surface area contributed by atoms with Gasteiger partial charge in [0.15, 0.2) is 0 Å². The molecule has 0 aliphatic rings. The average molecular weight is 507 g/mol. The second kappa shape index (κ2) is 16.0. The van der Waals surface area contributed by atoms with Gasteiger partial charge in [-0.25, -0.2) is 0 Å². The molecule has 0 fully saturated rings. The highest BCUT2D eigenvalue weighted by Crippen LogP contribution is 2.20. The third-order valence-electron chi connectivity index (χ3n) is 6.66. The summed E-state index contributed by atoms with van der Waals surface area (Å²) in [5.74, 6) is 0. The molecule has 0 saturated carbocycles. The molecule has 0 amide bonds. The number of anilines is 6. The lowest BCUT2D eigenvalue weighted by atomic mass is 10.1. The lowest BCUT2D eigenvalue weighted by molar-refractivity contribution is 0.577. The van der Waals surface area contributed by atoms with Gasteiger partial charge in [-0.15, -0.1) is 0 Å². The van der Waals surface area contributed by atoms with Crippen LogP contribution in [0.25, 0.3) is 0 Å². The maximum atomic E-state index is 3.55. The Kier molecular flexibility index (Phi) is 11.4. The van der Waals surface area contributed by atoms with Crippen molar-refractivity contribution >= 4 is 34.1 Å². The number of para-hydroxylation sites is 2. The van der Waals surface area contributed by atoms with E-state index >= 15 is 0 Å². The fourth-order valence-electron chi connectivity index (χ4n) is 4.50. The van der Waals surface area contributed by atoms with Gasteiger partial charge in [0.2, 0.25) is 0 Å². The monoisotopic (exact) mass is 506 g/mol. The summed E-state index contributed by atoms with van der Waals surface area (Å²) in [5, 5.41) is 14.0. The minimum atomic E-state index is 1.04. The van der Waals surface area contributed by atoms with E-state index in [1.54, 1.807) is 0 Å². The lowest BCUT2D eigenvalue weighted by Gasteiger charge is -2.10. The summed E-state index contributed by atoms with van der Waals surface area (Å²) in [6.07, 6.45) is 10.4. The zero-order chi connectivity index (χ0) is 26.1. The maximum absolute atomic E-state index is 3.55. The van der Waals surface area contributed by atoms with Gasteiger partial charge in [0.1, 0.15) is 0 Å². The fraction of sp³-hybridized carbons (Fsp3) is 0.294. The first-order valence-electron chi connectivity index (χ1n) is 14.2. The van der Waals surface area contributed by atoms with Crippen LogP contribution < -0.4 is 21.3 Å². The summed E-state index contributed by atoms with van der Waals surface area (Å²) in [6, 6.07) is 37.7. The van der Waals surface area contributed by atoms with Gasteiger partial charge in [-0.1, -0.05) is 74.9 Å². The van der Waals surface area contributed by atoms with Crippen LogP contribution in [0.2, 0.25) is 0 Å². The Morgan fingerprint density at radius 1 is 0.289 bits per heavy atom. The highest BCUT2D eigenvalue weighted by atomic mass is 14.9. The minimum absolute atomic E-state index is 1.04. The van der Waals surface area contributed by atoms with Crippen LogP contribution >= 0.6 is 0 Å². The predicted octanol–water partition coefficient (Wildman–Crippen LogP) is 9.82. The summed E-state index contributed by atoms with van der Waals surface area (Å²) >= 11 is 0. The van der Waals surface area contributed by atoms with E-state index in [2.05, 4.69) is 94.1 Å². The molecule has 0 spiro atoms. The van der Waals surface area contributed by atoms with Gasteiger partial charge >= 0.3 is 0 Å². The largest absolute Gasteiger partial charge is 0.385 e. The minimum Gasteiger partial charge on any atom is -0.385 e. The van der Waals surface area contributed by atoms with Gasteiger partial charge in [0, 0.05) is 47.2 Å². The zero-order valence-electron chi connectivity index (χ0n) is 22.5. The van der Waals surface area contributed by atoms with E-state index in [1.165, 1.54) is 62.7 Å². The molecule has 0 aliphatic heterocycles. The summed E-state index contributed by atoms with van der Waals surface area (Å²) in [4.78, 5) is 0. The molecule has 4 rings (SSSR count). The Labute approximate surface area is 228 Å². The molecule has 4 aromatic rings. The molecular weight excluding hydrogens is 464 g/mol. The van der Waals surface area contributed by atoms with Crippen LogP contribution in [0.5, 0.6) is 0 Å². The number of unbranched alkanes of at least 4 members (excludes halogenated alkanes) is 7. The molecule has 4 aromatic carbocycles. The van der Waals surface area contributed by atoms with E-state index in [0.717, 1.165) is 35.8 Å². The van der Waals surface area contributed by atoms with Crippen LogP contribution in [0.4, 0.5) is 34.1 Å². The zero-order valence-corrected chi connectivity index (χ0v) is 22.5. The molecule has 38 heavy (non-hydrogen) atoms. The molecule has 0 unspecified atom stereocenters. The lowest BCUT2D eigenvalue weighted by Crippen LogP contribution is -2.02. The molecule has 0 radical (unpaired) electrons. The van der Waals surface area contributed by atoms with Gasteiger partial charge in [0.05, 0.1) is 0 Å². The average Bonchev–Trinajstić information content (AvgIpc) is 2.96. The smallest absolute Gasteiger partial charge is 0.0385 e. The molecule has 4 heteroatoms. The summed E-state index contributed by atoms with van der Waals surface area (Å²) in [6.45, 7) is 2.08. The Bertz CT molecular complexity index is 1050. The number of hydrogen-bond acceptors (Lipinski definition) is 4. The predicted molar refractivity (Wildman–Crippen MR) is 166 cm³/mol. The van der Waals surface area contributed by atoms with Crippen molar-refractivity contribution in [3.8, 4) is 0 Å². The first-order chi connectivity index (χ1) is 18.8. The number of hydrogen-bond donors (Lipinski definition) is 4. The topological polar surface area (TPSA) is 48.1 Å². The second-order valence-corrected chi connectivity index (χ2v) is 9.82. The number of nitrogens with one attached hydrogen (secondary N) is 4. The quantitative estimate of drug-likeness (QED) is 0.108. The van der Waals surface area contributed by atoms with E-state index < -0.39 is 0 Å². The molecule has 0 atom stereocenters. The van der Waals surface area contributed by atoms with Crippen LogP contribution in [0, 0.1) is 0 Å². The molecular formula is C34H42N4. The first kappa shape index (κ1) is 27.1. The normalized spacial score (nSPS) is 10.6. The van der Waals surface area contributed by atoms with Gasteiger partial charge in [-0.3, -0.25) is 0 Å². The standard InChI is InChI=1S/C34H42N4/c1(3-5-13-27-35-29-19-23-33(24-20-29)37-31-15-9-7-10-16-31)2-4-6-14-28-36-30-21-25-34(26-22-30)38-32-17-11-8-12-18-32/h7-12,15-26,35-38H,1-6,13-14,27-28H2. The van der Waals surface area contributed by atoms with Gasteiger partial charge in [-0.2, -0.15) is 0 Å². The number of rotatable bonds is 17. The van der Waals surface area contributed by atoms with Crippen molar-refractivity contribution in [2.75, 3.05) is 34.4 Å². The molecule has 198 valence electrons. The van der Waals surface area contributed by atoms with Gasteiger partial charge in [-0.05, 0) is 85.6 Å². The third kappa shape index (κ3) is 10.2. The van der Waals surface area contributed by atoms with Crippen LogP contribution in [0.15, 0.2) is 109 Å². The molecule has 0 aliphatic carbocycles. The van der Waals surface area contributed by atoms with E-state index in [4.69, 9.17) is 0 Å². The maximum Gasteiger partial charge on any atom is 0.0385 e. The Hall–Kier alpha value is -3.92. The summed E-state index contributed by atoms with van der Waals surface area (Å²) in [5.41, 5.74) is 6.84. The highest BCUT2D eigenvalue weighted by molar-refractivity contribution is 5.63. The van der Waals surface area contributed by atoms with E-state index in [1.807, 2.05) is 36.4 Å². The van der Waals surface area contributed by atoms with Crippen molar-refractivity contribution in [1.29, 1.82) is 0 Å². The van der Waals surface area contributed by atoms with Crippen LogP contribution in [-0.4, -0.2) is 13.1 Å². The molecule has 0 bridgehead atoms. The SMILES string of the molecule is c1ccc(Nc2ccc(NCCCCCCCCCCNc3ccc(Nc4ccccc4)cc3)cc2)cc1. The second-order valence-electron chi connectivity index (χ2n) is 9.82. The Balaban J connectivity index is 0.954. The van der Waals surface area contributed by atoms with E-state index in [0.29, 0.717) is 0 Å². The Morgan fingerprint density at radius 3 is 0.947 bits per heavy atom. The van der Waals surface area contributed by atoms with Crippen molar-refractivity contribution in [3.05, 3.63) is 109 Å². The third-order valence-corrected chi connectivity index (χ3v) is 6.66. The molecule has 4 nitrogen and oxygen atoms in total. The van der Waals surface area contributed by atoms with E-state index in [-0.39, 0.29) is 0 Å². The molecule has 0 aromatic heterocycles. The van der Waals surface area contributed by atoms with Gasteiger partial charge in [0.25, 0.3) is 0 Å². The summed E-state index contributed by atoms with van der Waals surface area (Å²) < 4.78 is 0. The van der Waals surface area contributed by atoms with Crippen molar-refractivity contribution in [2.24, 2.45) is 0 Å². The van der Waals surface area contributed by atoms with Crippen LogP contribution in [-0.2, 0) is 0 Å².